The maximum Gasteiger partial charge on any atom is 0.265 e. The maximum atomic E-state index is 15.3. The zero-order valence-electron chi connectivity index (χ0n) is 27.2. The number of halogens is 1. The number of nitrogens with zero attached hydrogens (tertiary/aromatic N) is 3. The third-order valence-corrected chi connectivity index (χ3v) is 10.3. The molecule has 10 nitrogen and oxygen atoms in total. The molecule has 4 aromatic carbocycles. The summed E-state index contributed by atoms with van der Waals surface area (Å²) in [4.78, 5) is 55.6. The molecule has 8 rings (SSSR count). The smallest absolute Gasteiger partial charge is 0.265 e. The number of carbonyl (C=O) groups excluding carboxylic acids is 4. The van der Waals surface area contributed by atoms with Gasteiger partial charge in [-0.1, -0.05) is 48.5 Å². The van der Waals surface area contributed by atoms with Crippen LogP contribution in [0.15, 0.2) is 84.9 Å². The molecular weight excluding hydrogens is 639 g/mol. The van der Waals surface area contributed by atoms with Crippen molar-refractivity contribution < 1.29 is 33.4 Å². The SMILES string of the molecule is O=C1CCC(N2C(=O)c3cc(CN4CCN(c5ccc([C@@H]6c7ccc(O)cc7OC[C@@H]6c6ccccc6)cc5)CC4)cc(F)c3C2=O)C(=O)N1. The monoisotopic (exact) mass is 674 g/mol. The fourth-order valence-electron chi connectivity index (χ4n) is 7.81. The lowest BCUT2D eigenvalue weighted by Gasteiger charge is -2.37. The number of imide groups is 2. The van der Waals surface area contributed by atoms with Gasteiger partial charge < -0.3 is 14.7 Å². The molecule has 4 aliphatic rings. The van der Waals surface area contributed by atoms with Crippen LogP contribution < -0.4 is 15.0 Å². The Morgan fingerprint density at radius 2 is 1.60 bits per heavy atom. The van der Waals surface area contributed by atoms with E-state index in [0.29, 0.717) is 37.6 Å². The van der Waals surface area contributed by atoms with Gasteiger partial charge in [-0.25, -0.2) is 4.39 Å². The lowest BCUT2D eigenvalue weighted by molar-refractivity contribution is -0.136. The highest BCUT2D eigenvalue weighted by Gasteiger charge is 2.46. The van der Waals surface area contributed by atoms with Crippen LogP contribution in [0.3, 0.4) is 0 Å². The van der Waals surface area contributed by atoms with Crippen LogP contribution in [0.1, 0.15) is 67.6 Å². The van der Waals surface area contributed by atoms with Crippen LogP contribution in [0.5, 0.6) is 11.5 Å². The summed E-state index contributed by atoms with van der Waals surface area (Å²) < 4.78 is 21.4. The average Bonchev–Trinajstić information content (AvgIpc) is 3.37. The molecule has 50 heavy (non-hydrogen) atoms. The predicted octanol–water partition coefficient (Wildman–Crippen LogP) is 4.56. The summed E-state index contributed by atoms with van der Waals surface area (Å²) in [6.07, 6.45) is 0.0136. The van der Waals surface area contributed by atoms with E-state index in [1.54, 1.807) is 18.2 Å². The van der Waals surface area contributed by atoms with Crippen LogP contribution in [0.25, 0.3) is 0 Å². The van der Waals surface area contributed by atoms with Gasteiger partial charge in [0, 0.05) is 68.3 Å². The second-order valence-corrected chi connectivity index (χ2v) is 13.3. The van der Waals surface area contributed by atoms with Crippen molar-refractivity contribution in [3.8, 4) is 11.5 Å². The molecule has 2 saturated heterocycles. The van der Waals surface area contributed by atoms with Crippen molar-refractivity contribution in [2.75, 3.05) is 37.7 Å². The molecule has 4 aromatic rings. The normalized spacial score (nSPS) is 22.2. The third kappa shape index (κ3) is 5.67. The molecule has 2 fully saturated rings. The van der Waals surface area contributed by atoms with Crippen molar-refractivity contribution in [2.24, 2.45) is 0 Å². The van der Waals surface area contributed by atoms with E-state index < -0.39 is 35.5 Å². The molecule has 0 bridgehead atoms. The molecule has 0 saturated carbocycles. The Morgan fingerprint density at radius 1 is 0.840 bits per heavy atom. The topological polar surface area (TPSA) is 119 Å². The van der Waals surface area contributed by atoms with E-state index in [9.17, 15) is 24.3 Å². The Hall–Kier alpha value is -5.55. The first-order valence-corrected chi connectivity index (χ1v) is 16.9. The van der Waals surface area contributed by atoms with E-state index in [0.717, 1.165) is 29.2 Å². The molecule has 0 spiro atoms. The Kier molecular flexibility index (Phi) is 8.07. The second-order valence-electron chi connectivity index (χ2n) is 13.3. The number of nitrogens with one attached hydrogen (secondary N) is 1. The molecule has 0 aromatic heterocycles. The maximum absolute atomic E-state index is 15.3. The number of piperidine rings is 1. The van der Waals surface area contributed by atoms with Crippen LogP contribution in [0.4, 0.5) is 10.1 Å². The first-order chi connectivity index (χ1) is 24.2. The number of hydrogen-bond acceptors (Lipinski definition) is 8. The minimum absolute atomic E-state index is 0.00101. The zero-order chi connectivity index (χ0) is 34.5. The second kappa shape index (κ2) is 12.7. The Bertz CT molecular complexity index is 2010. The molecule has 11 heteroatoms. The van der Waals surface area contributed by atoms with E-state index in [1.165, 1.54) is 17.2 Å². The molecule has 0 aliphatic carbocycles. The van der Waals surface area contributed by atoms with Crippen molar-refractivity contribution in [1.29, 1.82) is 0 Å². The number of anilines is 1. The van der Waals surface area contributed by atoms with Gasteiger partial charge in [0.05, 0.1) is 17.7 Å². The van der Waals surface area contributed by atoms with Gasteiger partial charge in [-0.2, -0.15) is 0 Å². The number of phenolic OH excluding ortho intramolecular Hbond substituents is 1. The summed E-state index contributed by atoms with van der Waals surface area (Å²) in [7, 11) is 0. The van der Waals surface area contributed by atoms with Gasteiger partial charge in [-0.15, -0.1) is 0 Å². The van der Waals surface area contributed by atoms with Crippen molar-refractivity contribution in [1.82, 2.24) is 15.1 Å². The number of ether oxygens (including phenoxy) is 1. The number of phenols is 1. The van der Waals surface area contributed by atoms with Crippen molar-refractivity contribution in [3.05, 3.63) is 124 Å². The summed E-state index contributed by atoms with van der Waals surface area (Å²) in [6, 6.07) is 26.0. The standard InChI is InChI=1S/C39H35FN4O6/c40-31-19-23(18-29-36(31)39(49)44(38(29)48)32-12-13-34(46)41-37(32)47)21-42-14-16-43(17-15-42)26-8-6-25(7-9-26)35-28-11-10-27(45)20-33(28)50-22-30(35)24-4-2-1-3-5-24/h1-11,18-20,30,32,35,45H,12-17,21-22H2,(H,41,46,47)/t30-,32?,35-/m1/s1. The zero-order valence-corrected chi connectivity index (χ0v) is 27.2. The fraction of sp³-hybridized carbons (Fsp3) is 0.282. The number of piperazine rings is 1. The fourth-order valence-corrected chi connectivity index (χ4v) is 7.81. The molecule has 4 aliphatic heterocycles. The van der Waals surface area contributed by atoms with Gasteiger partial charge in [-0.05, 0) is 53.4 Å². The number of hydrogen-bond donors (Lipinski definition) is 2. The molecule has 0 radical (unpaired) electrons. The number of rotatable bonds is 6. The lowest BCUT2D eigenvalue weighted by Crippen LogP contribution is -2.54. The van der Waals surface area contributed by atoms with E-state index >= 15 is 4.39 Å². The van der Waals surface area contributed by atoms with E-state index in [-0.39, 0.29) is 41.6 Å². The largest absolute Gasteiger partial charge is 0.508 e. The summed E-state index contributed by atoms with van der Waals surface area (Å²) in [5.74, 6) is -2.50. The lowest BCUT2D eigenvalue weighted by atomic mass is 9.76. The highest BCUT2D eigenvalue weighted by atomic mass is 19.1. The van der Waals surface area contributed by atoms with Gasteiger partial charge >= 0.3 is 0 Å². The Balaban J connectivity index is 0.945. The predicted molar refractivity (Wildman–Crippen MR) is 182 cm³/mol. The minimum atomic E-state index is -1.14. The van der Waals surface area contributed by atoms with Crippen LogP contribution >= 0.6 is 0 Å². The van der Waals surface area contributed by atoms with Gasteiger partial charge in [-0.3, -0.25) is 34.3 Å². The molecule has 3 atom stereocenters. The summed E-state index contributed by atoms with van der Waals surface area (Å²) in [6.45, 7) is 3.83. The van der Waals surface area contributed by atoms with Gasteiger partial charge in [0.2, 0.25) is 11.8 Å². The van der Waals surface area contributed by atoms with Crippen molar-refractivity contribution in [2.45, 2.75) is 37.3 Å². The summed E-state index contributed by atoms with van der Waals surface area (Å²) in [5.41, 5.74) is 4.71. The number of fused-ring (bicyclic) bond motifs is 2. The number of aromatic hydroxyl groups is 1. The Morgan fingerprint density at radius 3 is 2.34 bits per heavy atom. The number of amides is 4. The molecule has 1 unspecified atom stereocenters. The quantitative estimate of drug-likeness (QED) is 0.286. The van der Waals surface area contributed by atoms with Crippen LogP contribution in [0, 0.1) is 5.82 Å². The van der Waals surface area contributed by atoms with E-state index in [4.69, 9.17) is 4.74 Å². The van der Waals surface area contributed by atoms with Gasteiger partial charge in [0.1, 0.15) is 23.4 Å². The summed E-state index contributed by atoms with van der Waals surface area (Å²) >= 11 is 0. The molecule has 4 amide bonds. The van der Waals surface area contributed by atoms with Crippen molar-refractivity contribution >= 4 is 29.3 Å². The molecule has 2 N–H and O–H groups in total. The molecule has 254 valence electrons. The summed E-state index contributed by atoms with van der Waals surface area (Å²) in [5, 5.41) is 12.3. The highest BCUT2D eigenvalue weighted by molar-refractivity contribution is 6.23. The number of carbonyl (C=O) groups is 4. The van der Waals surface area contributed by atoms with E-state index in [1.807, 2.05) is 24.3 Å². The third-order valence-electron chi connectivity index (χ3n) is 10.3. The van der Waals surface area contributed by atoms with E-state index in [2.05, 4.69) is 51.5 Å². The van der Waals surface area contributed by atoms with Crippen LogP contribution in [0.2, 0.25) is 0 Å². The molecular formula is C39H35FN4O6. The number of benzene rings is 4. The average molecular weight is 675 g/mol. The van der Waals surface area contributed by atoms with Crippen LogP contribution in [-0.4, -0.2) is 77.4 Å². The molecule has 4 heterocycles. The highest BCUT2D eigenvalue weighted by Crippen LogP contribution is 2.47. The minimum Gasteiger partial charge on any atom is -0.508 e. The van der Waals surface area contributed by atoms with Gasteiger partial charge in [0.15, 0.2) is 0 Å². The first kappa shape index (κ1) is 31.7. The van der Waals surface area contributed by atoms with Gasteiger partial charge in [0.25, 0.3) is 11.8 Å². The van der Waals surface area contributed by atoms with Crippen LogP contribution in [-0.2, 0) is 16.1 Å². The van der Waals surface area contributed by atoms with Crippen molar-refractivity contribution in [3.63, 3.8) is 0 Å². The Labute approximate surface area is 288 Å². The first-order valence-electron chi connectivity index (χ1n) is 16.9.